The number of amides is 1. The average Bonchev–Trinajstić information content (AvgIpc) is 3.41. The van der Waals surface area contributed by atoms with E-state index in [0.717, 1.165) is 5.56 Å². The molecule has 37 heavy (non-hydrogen) atoms. The molecular weight excluding hydrogens is 513 g/mol. The van der Waals surface area contributed by atoms with E-state index < -0.39 is 0 Å². The Morgan fingerprint density at radius 3 is 2.54 bits per heavy atom. The number of halogens is 2. The van der Waals surface area contributed by atoms with E-state index in [0.29, 0.717) is 50.7 Å². The third kappa shape index (κ3) is 4.84. The number of hydrogen-bond donors (Lipinski definition) is 2. The van der Waals surface area contributed by atoms with Crippen molar-refractivity contribution in [1.82, 2.24) is 29.6 Å². The zero-order valence-corrected chi connectivity index (χ0v) is 22.0. The molecule has 190 valence electrons. The molecule has 2 aromatic carbocycles. The summed E-state index contributed by atoms with van der Waals surface area (Å²) in [5.41, 5.74) is 2.98. The number of carbonyl (C=O) groups is 1. The van der Waals surface area contributed by atoms with Gasteiger partial charge in [-0.3, -0.25) is 14.7 Å². The molecule has 0 bridgehead atoms. The molecule has 0 saturated heterocycles. The molecule has 0 unspecified atom stereocenters. The number of benzene rings is 2. The van der Waals surface area contributed by atoms with Gasteiger partial charge in [0, 0.05) is 28.8 Å². The minimum Gasteiger partial charge on any atom is -0.353 e. The van der Waals surface area contributed by atoms with Crippen LogP contribution in [0.4, 0.5) is 5.95 Å². The summed E-state index contributed by atoms with van der Waals surface area (Å²) in [6, 6.07) is 12.1. The van der Waals surface area contributed by atoms with E-state index >= 15 is 0 Å². The van der Waals surface area contributed by atoms with Crippen LogP contribution in [-0.2, 0) is 13.0 Å². The van der Waals surface area contributed by atoms with Crippen molar-refractivity contribution in [1.29, 1.82) is 0 Å². The van der Waals surface area contributed by atoms with Crippen molar-refractivity contribution in [2.75, 3.05) is 5.32 Å². The second-order valence-electron chi connectivity index (χ2n) is 9.30. The number of fused-ring (bicyclic) bond motifs is 1. The van der Waals surface area contributed by atoms with Crippen molar-refractivity contribution < 1.29 is 4.79 Å². The molecule has 0 spiro atoms. The van der Waals surface area contributed by atoms with E-state index in [1.807, 2.05) is 45.0 Å². The van der Waals surface area contributed by atoms with Gasteiger partial charge in [-0.05, 0) is 69.7 Å². The Morgan fingerprint density at radius 1 is 1.14 bits per heavy atom. The molecule has 3 heterocycles. The van der Waals surface area contributed by atoms with Crippen molar-refractivity contribution in [2.24, 2.45) is 0 Å². The van der Waals surface area contributed by atoms with Crippen LogP contribution in [0, 0.1) is 0 Å². The van der Waals surface area contributed by atoms with Gasteiger partial charge < -0.3 is 10.2 Å². The molecule has 0 radical (unpaired) electrons. The monoisotopic (exact) mass is 537 g/mol. The van der Waals surface area contributed by atoms with Crippen LogP contribution >= 0.6 is 23.2 Å². The fraction of sp³-hybridized carbons (Fsp3) is 0.269. The van der Waals surface area contributed by atoms with Crippen LogP contribution in [0.1, 0.15) is 42.4 Å². The van der Waals surface area contributed by atoms with Gasteiger partial charge >= 0.3 is 0 Å². The van der Waals surface area contributed by atoms with Crippen LogP contribution in [-0.4, -0.2) is 47.6 Å². The summed E-state index contributed by atoms with van der Waals surface area (Å²) >= 11 is 12.2. The molecule has 4 aromatic rings. The summed E-state index contributed by atoms with van der Waals surface area (Å²) in [4.78, 5) is 37.9. The van der Waals surface area contributed by atoms with Gasteiger partial charge in [-0.2, -0.15) is 5.10 Å². The van der Waals surface area contributed by atoms with Gasteiger partial charge in [-0.15, -0.1) is 0 Å². The summed E-state index contributed by atoms with van der Waals surface area (Å²) in [5, 5.41) is 10.7. The van der Waals surface area contributed by atoms with Gasteiger partial charge in [0.2, 0.25) is 5.95 Å². The highest BCUT2D eigenvalue weighted by Gasteiger charge is 2.32. The number of carbonyl (C=O) groups excluding carboxylic acids is 1. The van der Waals surface area contributed by atoms with Gasteiger partial charge in [0.05, 0.1) is 28.0 Å². The van der Waals surface area contributed by atoms with Crippen LogP contribution in [0.3, 0.4) is 0 Å². The highest BCUT2D eigenvalue weighted by molar-refractivity contribution is 6.42. The molecule has 5 rings (SSSR count). The van der Waals surface area contributed by atoms with E-state index in [4.69, 9.17) is 28.2 Å². The Hall–Kier alpha value is -3.69. The number of anilines is 1. The molecule has 0 aliphatic carbocycles. The van der Waals surface area contributed by atoms with Crippen LogP contribution in [0.25, 0.3) is 17.1 Å². The predicted molar refractivity (Wildman–Crippen MR) is 143 cm³/mol. The van der Waals surface area contributed by atoms with Crippen molar-refractivity contribution in [3.8, 4) is 17.1 Å². The normalized spacial score (nSPS) is 15.1. The lowest BCUT2D eigenvalue weighted by atomic mass is 9.98. The maximum absolute atomic E-state index is 13.8. The molecule has 1 amide bonds. The number of H-pyrrole nitrogens is 1. The van der Waals surface area contributed by atoms with E-state index in [1.165, 1.54) is 6.33 Å². The quantitative estimate of drug-likeness (QED) is 0.380. The Kier molecular flexibility index (Phi) is 6.74. The fourth-order valence-electron chi connectivity index (χ4n) is 4.43. The molecular formula is C26H25Cl2N7O2. The van der Waals surface area contributed by atoms with Gasteiger partial charge in [-0.25, -0.2) is 14.5 Å². The molecule has 0 saturated carbocycles. The van der Waals surface area contributed by atoms with Gasteiger partial charge in [-0.1, -0.05) is 23.2 Å². The maximum atomic E-state index is 13.8. The second kappa shape index (κ2) is 9.99. The molecule has 1 aliphatic heterocycles. The minimum atomic E-state index is -0.213. The Balaban J connectivity index is 1.54. The molecule has 9 nitrogen and oxygen atoms in total. The smallest absolute Gasteiger partial charge is 0.263 e. The van der Waals surface area contributed by atoms with Crippen LogP contribution < -0.4 is 10.9 Å². The van der Waals surface area contributed by atoms with Crippen LogP contribution in [0.15, 0.2) is 53.6 Å². The van der Waals surface area contributed by atoms with Crippen LogP contribution in [0.5, 0.6) is 0 Å². The molecule has 0 fully saturated rings. The van der Waals surface area contributed by atoms with Gasteiger partial charge in [0.15, 0.2) is 5.82 Å². The number of hydrogen-bond acceptors (Lipinski definition) is 6. The van der Waals surface area contributed by atoms with E-state index in [-0.39, 0.29) is 30.1 Å². The maximum Gasteiger partial charge on any atom is 0.263 e. The third-order valence-electron chi connectivity index (χ3n) is 6.27. The summed E-state index contributed by atoms with van der Waals surface area (Å²) in [7, 11) is 0. The lowest BCUT2D eigenvalue weighted by Crippen LogP contribution is -2.46. The van der Waals surface area contributed by atoms with Gasteiger partial charge in [0.1, 0.15) is 6.33 Å². The first-order valence-electron chi connectivity index (χ1n) is 11.9. The zero-order valence-electron chi connectivity index (χ0n) is 20.5. The SMILES string of the molecule is CC(C)Nc1nc2c(c(=O)n1-c1ccc(-c3ncn[nH]3)cc1)C[C@@H](C)N(C(=O)c1ccc(Cl)c(Cl)c1)C2. The largest absolute Gasteiger partial charge is 0.353 e. The number of aromatic amines is 1. The van der Waals surface area contributed by atoms with Crippen molar-refractivity contribution in [3.63, 3.8) is 0 Å². The number of rotatable bonds is 5. The summed E-state index contributed by atoms with van der Waals surface area (Å²) in [5.74, 6) is 0.871. The van der Waals surface area contributed by atoms with Gasteiger partial charge in [0.25, 0.3) is 11.5 Å². The molecule has 2 aromatic heterocycles. The lowest BCUT2D eigenvalue weighted by molar-refractivity contribution is 0.0653. The van der Waals surface area contributed by atoms with Crippen molar-refractivity contribution in [3.05, 3.63) is 86.0 Å². The average molecular weight is 538 g/mol. The summed E-state index contributed by atoms with van der Waals surface area (Å²) in [6.07, 6.45) is 1.83. The molecule has 2 N–H and O–H groups in total. The molecule has 1 atom stereocenters. The number of nitrogens with zero attached hydrogens (tertiary/aromatic N) is 5. The highest BCUT2D eigenvalue weighted by atomic mass is 35.5. The van der Waals surface area contributed by atoms with Crippen LogP contribution in [0.2, 0.25) is 10.0 Å². The fourth-order valence-corrected chi connectivity index (χ4v) is 4.73. The molecule has 1 aliphatic rings. The van der Waals surface area contributed by atoms with E-state index in [9.17, 15) is 9.59 Å². The zero-order chi connectivity index (χ0) is 26.3. The Bertz CT molecular complexity index is 1520. The summed E-state index contributed by atoms with van der Waals surface area (Å²) < 4.78 is 1.59. The van der Waals surface area contributed by atoms with Crippen molar-refractivity contribution in [2.45, 2.75) is 45.8 Å². The minimum absolute atomic E-state index is 0.0288. The Morgan fingerprint density at radius 2 is 1.89 bits per heavy atom. The second-order valence-corrected chi connectivity index (χ2v) is 10.1. The topological polar surface area (TPSA) is 109 Å². The lowest BCUT2D eigenvalue weighted by Gasteiger charge is -2.34. The third-order valence-corrected chi connectivity index (χ3v) is 7.01. The predicted octanol–water partition coefficient (Wildman–Crippen LogP) is 4.73. The number of aromatic nitrogens is 5. The van der Waals surface area contributed by atoms with E-state index in [2.05, 4.69) is 20.5 Å². The first-order valence-corrected chi connectivity index (χ1v) is 12.6. The highest BCUT2D eigenvalue weighted by Crippen LogP contribution is 2.28. The molecule has 11 heteroatoms. The van der Waals surface area contributed by atoms with E-state index in [1.54, 1.807) is 27.7 Å². The Labute approximate surface area is 223 Å². The first-order chi connectivity index (χ1) is 17.7. The van der Waals surface area contributed by atoms with Crippen molar-refractivity contribution >= 4 is 35.1 Å². The summed E-state index contributed by atoms with van der Waals surface area (Å²) in [6.45, 7) is 6.09. The number of nitrogens with one attached hydrogen (secondary N) is 2. The first kappa shape index (κ1) is 25.0. The standard InChI is InChI=1S/C26H25Cl2N7O2/c1-14(2)31-26-32-22-12-34(24(36)17-6-9-20(27)21(28)11-17)15(3)10-19(22)25(37)35(26)18-7-4-16(5-8-18)23-29-13-30-33-23/h4-9,11,13-15H,10,12H2,1-3H3,(H,31,32)(H,29,30,33)/t15-/m1/s1.